The summed E-state index contributed by atoms with van der Waals surface area (Å²) in [6, 6.07) is 4.17. The van der Waals surface area contributed by atoms with Crippen LogP contribution in [0, 0.1) is 10.1 Å². The number of benzene rings is 1. The summed E-state index contributed by atoms with van der Waals surface area (Å²) in [6.07, 6.45) is 1.56. The second-order valence-electron chi connectivity index (χ2n) is 3.49. The maximum Gasteiger partial charge on any atom is 0.271 e. The fourth-order valence-corrected chi connectivity index (χ4v) is 1.63. The van der Waals surface area contributed by atoms with Gasteiger partial charge in [0.1, 0.15) is 5.75 Å². The Labute approximate surface area is 97.2 Å². The first kappa shape index (κ1) is 11.1. The molecule has 1 heterocycles. The van der Waals surface area contributed by atoms with E-state index in [1.54, 1.807) is 6.08 Å². The highest BCUT2D eigenvalue weighted by Gasteiger charge is 2.26. The van der Waals surface area contributed by atoms with Crippen molar-refractivity contribution < 1.29 is 14.5 Å². The molecule has 17 heavy (non-hydrogen) atoms. The summed E-state index contributed by atoms with van der Waals surface area (Å²) in [4.78, 5) is 23.2. The molecule has 0 radical (unpaired) electrons. The second kappa shape index (κ2) is 4.25. The molecule has 1 amide bonds. The fraction of sp³-hybridized carbons (Fsp3) is 0.182. The SMILES string of the molecule is C=CCN1C(=O)COc2ccc([N+](=O)[O-])cc21. The van der Waals surface area contributed by atoms with Crippen molar-refractivity contribution in [3.8, 4) is 5.75 Å². The largest absolute Gasteiger partial charge is 0.482 e. The van der Waals surface area contributed by atoms with E-state index in [9.17, 15) is 14.9 Å². The Morgan fingerprint density at radius 2 is 2.35 bits per heavy atom. The first-order valence-corrected chi connectivity index (χ1v) is 4.96. The van der Waals surface area contributed by atoms with Crippen LogP contribution in [-0.2, 0) is 4.79 Å². The van der Waals surface area contributed by atoms with Crippen molar-refractivity contribution in [2.24, 2.45) is 0 Å². The lowest BCUT2D eigenvalue weighted by Gasteiger charge is -2.28. The van der Waals surface area contributed by atoms with E-state index in [1.807, 2.05) is 0 Å². The summed E-state index contributed by atoms with van der Waals surface area (Å²) in [7, 11) is 0. The lowest BCUT2D eigenvalue weighted by atomic mass is 10.2. The van der Waals surface area contributed by atoms with Gasteiger partial charge in [0.15, 0.2) is 6.61 Å². The van der Waals surface area contributed by atoms with Crippen LogP contribution in [-0.4, -0.2) is 24.0 Å². The molecule has 0 fully saturated rings. The van der Waals surface area contributed by atoms with Gasteiger partial charge >= 0.3 is 0 Å². The highest BCUT2D eigenvalue weighted by molar-refractivity contribution is 5.98. The van der Waals surface area contributed by atoms with Gasteiger partial charge in [0.2, 0.25) is 0 Å². The van der Waals surface area contributed by atoms with Crippen LogP contribution in [0.4, 0.5) is 11.4 Å². The third kappa shape index (κ3) is 1.96. The normalized spacial score (nSPS) is 13.9. The van der Waals surface area contributed by atoms with Gasteiger partial charge in [-0.2, -0.15) is 0 Å². The zero-order valence-electron chi connectivity index (χ0n) is 8.96. The molecule has 0 saturated heterocycles. The van der Waals surface area contributed by atoms with Crippen LogP contribution in [0.5, 0.6) is 5.75 Å². The number of ether oxygens (including phenoxy) is 1. The van der Waals surface area contributed by atoms with Crippen molar-refractivity contribution in [1.29, 1.82) is 0 Å². The molecule has 1 aromatic rings. The number of carbonyl (C=O) groups is 1. The predicted molar refractivity (Wildman–Crippen MR) is 61.1 cm³/mol. The Morgan fingerprint density at radius 3 is 3.00 bits per heavy atom. The van der Waals surface area contributed by atoms with E-state index in [4.69, 9.17) is 4.74 Å². The van der Waals surface area contributed by atoms with Crippen molar-refractivity contribution in [3.05, 3.63) is 41.0 Å². The minimum absolute atomic E-state index is 0.0569. The molecule has 6 heteroatoms. The van der Waals surface area contributed by atoms with Gasteiger partial charge in [0.25, 0.3) is 11.6 Å². The molecule has 0 bridgehead atoms. The second-order valence-corrected chi connectivity index (χ2v) is 3.49. The Hall–Kier alpha value is -2.37. The highest BCUT2D eigenvalue weighted by Crippen LogP contribution is 2.34. The zero-order valence-corrected chi connectivity index (χ0v) is 8.96. The number of anilines is 1. The van der Waals surface area contributed by atoms with Crippen molar-refractivity contribution in [3.63, 3.8) is 0 Å². The minimum Gasteiger partial charge on any atom is -0.482 e. The van der Waals surface area contributed by atoms with Crippen LogP contribution >= 0.6 is 0 Å². The summed E-state index contributed by atoms with van der Waals surface area (Å²) in [5.41, 5.74) is 0.339. The minimum atomic E-state index is -0.508. The third-order valence-electron chi connectivity index (χ3n) is 2.41. The van der Waals surface area contributed by atoms with Crippen molar-refractivity contribution >= 4 is 17.3 Å². The average Bonchev–Trinajstić information content (AvgIpc) is 2.32. The fourth-order valence-electron chi connectivity index (χ4n) is 1.63. The number of hydrogen-bond acceptors (Lipinski definition) is 4. The molecule has 0 atom stereocenters. The number of carbonyl (C=O) groups excluding carboxylic acids is 1. The van der Waals surface area contributed by atoms with Crippen LogP contribution in [0.25, 0.3) is 0 Å². The van der Waals surface area contributed by atoms with Crippen LogP contribution in [0.2, 0.25) is 0 Å². The van der Waals surface area contributed by atoms with Gasteiger partial charge in [0.05, 0.1) is 10.6 Å². The molecule has 2 rings (SSSR count). The Kier molecular flexibility index (Phi) is 2.78. The van der Waals surface area contributed by atoms with Gasteiger partial charge in [-0.3, -0.25) is 14.9 Å². The third-order valence-corrected chi connectivity index (χ3v) is 2.41. The number of rotatable bonds is 3. The van der Waals surface area contributed by atoms with Gasteiger partial charge in [-0.1, -0.05) is 6.08 Å². The lowest BCUT2D eigenvalue weighted by molar-refractivity contribution is -0.384. The Bertz CT molecular complexity index is 498. The molecule has 1 aliphatic rings. The van der Waals surface area contributed by atoms with Gasteiger partial charge in [-0.25, -0.2) is 0 Å². The molecule has 88 valence electrons. The summed E-state index contributed by atoms with van der Waals surface area (Å²) >= 11 is 0. The van der Waals surface area contributed by atoms with E-state index in [0.29, 0.717) is 18.0 Å². The van der Waals surface area contributed by atoms with Gasteiger partial charge in [-0.15, -0.1) is 6.58 Å². The topological polar surface area (TPSA) is 72.7 Å². The Morgan fingerprint density at radius 1 is 1.59 bits per heavy atom. The molecule has 1 aromatic carbocycles. The molecule has 0 spiro atoms. The van der Waals surface area contributed by atoms with E-state index in [1.165, 1.54) is 23.1 Å². The molecular weight excluding hydrogens is 224 g/mol. The van der Waals surface area contributed by atoms with Crippen LogP contribution in [0.3, 0.4) is 0 Å². The predicted octanol–water partition coefficient (Wildman–Crippen LogP) is 1.51. The molecule has 0 aliphatic carbocycles. The number of amides is 1. The molecule has 0 saturated carbocycles. The van der Waals surface area contributed by atoms with Crippen molar-refractivity contribution in [1.82, 2.24) is 0 Å². The van der Waals surface area contributed by atoms with E-state index < -0.39 is 4.92 Å². The van der Waals surface area contributed by atoms with Gasteiger partial charge in [-0.05, 0) is 6.07 Å². The number of non-ortho nitro benzene ring substituents is 1. The van der Waals surface area contributed by atoms with E-state index >= 15 is 0 Å². The number of fused-ring (bicyclic) bond motifs is 1. The number of nitro benzene ring substituents is 1. The maximum absolute atomic E-state index is 11.6. The monoisotopic (exact) mass is 234 g/mol. The molecule has 0 N–H and O–H groups in total. The van der Waals surface area contributed by atoms with Crippen molar-refractivity contribution in [2.75, 3.05) is 18.1 Å². The quantitative estimate of drug-likeness (QED) is 0.451. The van der Waals surface area contributed by atoms with E-state index in [0.717, 1.165) is 0 Å². The molecule has 0 aromatic heterocycles. The zero-order chi connectivity index (χ0) is 12.4. The van der Waals surface area contributed by atoms with E-state index in [2.05, 4.69) is 6.58 Å². The lowest BCUT2D eigenvalue weighted by Crippen LogP contribution is -2.38. The summed E-state index contributed by atoms with van der Waals surface area (Å²) in [5.74, 6) is 0.231. The molecule has 1 aliphatic heterocycles. The Balaban J connectivity index is 2.48. The number of hydrogen-bond donors (Lipinski definition) is 0. The molecule has 6 nitrogen and oxygen atoms in total. The number of nitrogens with zero attached hydrogens (tertiary/aromatic N) is 2. The maximum atomic E-state index is 11.6. The van der Waals surface area contributed by atoms with Crippen LogP contribution in [0.1, 0.15) is 0 Å². The number of nitro groups is 1. The molecular formula is C11H10N2O4. The average molecular weight is 234 g/mol. The highest BCUT2D eigenvalue weighted by atomic mass is 16.6. The smallest absolute Gasteiger partial charge is 0.271 e. The first-order chi connectivity index (χ1) is 8.13. The van der Waals surface area contributed by atoms with Gasteiger partial charge < -0.3 is 9.64 Å². The summed E-state index contributed by atoms with van der Waals surface area (Å²) in [6.45, 7) is 3.80. The van der Waals surface area contributed by atoms with Crippen LogP contribution < -0.4 is 9.64 Å². The molecule has 0 unspecified atom stereocenters. The van der Waals surface area contributed by atoms with Gasteiger partial charge in [0, 0.05) is 18.7 Å². The first-order valence-electron chi connectivity index (χ1n) is 4.96. The van der Waals surface area contributed by atoms with Crippen LogP contribution in [0.15, 0.2) is 30.9 Å². The standard InChI is InChI=1S/C11H10N2O4/c1-2-5-12-9-6-8(13(15)16)3-4-10(9)17-7-11(12)14/h2-4,6H,1,5,7H2. The summed E-state index contributed by atoms with van der Waals surface area (Å²) < 4.78 is 5.20. The van der Waals surface area contributed by atoms with Crippen molar-refractivity contribution in [2.45, 2.75) is 0 Å². The van der Waals surface area contributed by atoms with E-state index in [-0.39, 0.29) is 18.2 Å². The summed E-state index contributed by atoms with van der Waals surface area (Å²) in [5, 5.41) is 10.7.